The molecule has 0 aromatic heterocycles. The molecule has 0 amide bonds. The first-order valence-electron chi connectivity index (χ1n) is 10.5. The van der Waals surface area contributed by atoms with Crippen molar-refractivity contribution in [1.29, 1.82) is 0 Å². The van der Waals surface area contributed by atoms with Gasteiger partial charge in [-0.3, -0.25) is 0 Å². The summed E-state index contributed by atoms with van der Waals surface area (Å²) in [4.78, 5) is 29.3. The minimum absolute atomic E-state index is 0.0743. The average molecular weight is 512 g/mol. The van der Waals surface area contributed by atoms with E-state index in [0.29, 0.717) is 34.3 Å². The summed E-state index contributed by atoms with van der Waals surface area (Å²) in [6.07, 6.45) is 1.54. The van der Waals surface area contributed by atoms with Crippen LogP contribution < -0.4 is 14.2 Å². The Balaban J connectivity index is 1.63. The van der Waals surface area contributed by atoms with Gasteiger partial charge in [0, 0.05) is 5.02 Å². The number of aliphatic imine (C=N–C) groups is 1. The van der Waals surface area contributed by atoms with Crippen LogP contribution in [0.1, 0.15) is 28.4 Å². The van der Waals surface area contributed by atoms with Gasteiger partial charge in [0.15, 0.2) is 17.2 Å². The van der Waals surface area contributed by atoms with Gasteiger partial charge in [0.2, 0.25) is 5.90 Å². The van der Waals surface area contributed by atoms with E-state index in [0.717, 1.165) is 0 Å². The van der Waals surface area contributed by atoms with Gasteiger partial charge in [-0.2, -0.15) is 0 Å². The van der Waals surface area contributed by atoms with Gasteiger partial charge in [0.25, 0.3) is 0 Å². The molecule has 1 aliphatic rings. The first-order valence-corrected chi connectivity index (χ1v) is 11.2. The monoisotopic (exact) mass is 511 g/mol. The van der Waals surface area contributed by atoms with E-state index in [4.69, 9.17) is 42.1 Å². The Hall–Kier alpha value is -3.81. The SMILES string of the molecule is CCOc1cc(/C=C2\N=C(c3cc(Cl)ccc3OC)OC2=O)ccc1OC(=O)c1ccccc1Cl. The Morgan fingerprint density at radius 3 is 2.54 bits per heavy atom. The lowest BCUT2D eigenvalue weighted by Gasteiger charge is -2.12. The summed E-state index contributed by atoms with van der Waals surface area (Å²) in [5.41, 5.74) is 1.34. The predicted octanol–water partition coefficient (Wildman–Crippen LogP) is 5.96. The molecule has 178 valence electrons. The van der Waals surface area contributed by atoms with Crippen LogP contribution >= 0.6 is 23.2 Å². The van der Waals surface area contributed by atoms with Crippen LogP contribution in [0.3, 0.4) is 0 Å². The molecule has 1 aliphatic heterocycles. The summed E-state index contributed by atoms with van der Waals surface area (Å²) in [5, 5.41) is 0.724. The molecule has 0 radical (unpaired) electrons. The third-order valence-corrected chi connectivity index (χ3v) is 5.44. The normalized spacial score (nSPS) is 13.9. The maximum atomic E-state index is 12.6. The third kappa shape index (κ3) is 5.48. The molecule has 1 heterocycles. The Bertz CT molecular complexity index is 1370. The van der Waals surface area contributed by atoms with Crippen LogP contribution in [0.15, 0.2) is 71.4 Å². The quantitative estimate of drug-likeness (QED) is 0.221. The predicted molar refractivity (Wildman–Crippen MR) is 133 cm³/mol. The van der Waals surface area contributed by atoms with Crippen LogP contribution in [0.2, 0.25) is 10.0 Å². The van der Waals surface area contributed by atoms with Crippen molar-refractivity contribution in [1.82, 2.24) is 0 Å². The van der Waals surface area contributed by atoms with Gasteiger partial charge < -0.3 is 18.9 Å². The van der Waals surface area contributed by atoms with E-state index in [2.05, 4.69) is 4.99 Å². The zero-order valence-corrected chi connectivity index (χ0v) is 20.2. The van der Waals surface area contributed by atoms with Crippen molar-refractivity contribution in [3.8, 4) is 17.2 Å². The Morgan fingerprint density at radius 2 is 1.80 bits per heavy atom. The number of cyclic esters (lactones) is 1. The molecular weight excluding hydrogens is 493 g/mol. The second-order valence-corrected chi connectivity index (χ2v) is 8.03. The molecule has 0 spiro atoms. The topological polar surface area (TPSA) is 83.4 Å². The van der Waals surface area contributed by atoms with Gasteiger partial charge in [-0.25, -0.2) is 14.6 Å². The zero-order valence-electron chi connectivity index (χ0n) is 18.7. The number of carbonyl (C=O) groups excluding carboxylic acids is 2. The Labute approximate surface area is 211 Å². The molecule has 3 aromatic rings. The molecule has 0 unspecified atom stereocenters. The summed E-state index contributed by atoms with van der Waals surface area (Å²) in [5.74, 6) is -0.183. The molecule has 0 N–H and O–H groups in total. The average Bonchev–Trinajstić information content (AvgIpc) is 3.21. The van der Waals surface area contributed by atoms with Crippen LogP contribution in [-0.4, -0.2) is 31.6 Å². The van der Waals surface area contributed by atoms with Crippen LogP contribution in [0.5, 0.6) is 17.2 Å². The number of hydrogen-bond donors (Lipinski definition) is 0. The fourth-order valence-electron chi connectivity index (χ4n) is 3.28. The van der Waals surface area contributed by atoms with Crippen molar-refractivity contribution in [3.05, 3.63) is 93.1 Å². The molecule has 35 heavy (non-hydrogen) atoms. The van der Waals surface area contributed by atoms with E-state index in [9.17, 15) is 9.59 Å². The Morgan fingerprint density at radius 1 is 1.03 bits per heavy atom. The minimum atomic E-state index is -0.630. The van der Waals surface area contributed by atoms with Crippen LogP contribution in [0.25, 0.3) is 6.08 Å². The number of hydrogen-bond acceptors (Lipinski definition) is 7. The Kier molecular flexibility index (Phi) is 7.39. The van der Waals surface area contributed by atoms with E-state index in [1.54, 1.807) is 67.6 Å². The van der Waals surface area contributed by atoms with E-state index < -0.39 is 11.9 Å². The van der Waals surface area contributed by atoms with Crippen LogP contribution in [0.4, 0.5) is 0 Å². The largest absolute Gasteiger partial charge is 0.496 e. The molecule has 4 rings (SSSR count). The van der Waals surface area contributed by atoms with E-state index in [1.165, 1.54) is 13.2 Å². The van der Waals surface area contributed by atoms with Crippen molar-refractivity contribution in [2.45, 2.75) is 6.92 Å². The highest BCUT2D eigenvalue weighted by Crippen LogP contribution is 2.32. The smallest absolute Gasteiger partial charge is 0.363 e. The van der Waals surface area contributed by atoms with E-state index in [1.807, 2.05) is 0 Å². The molecule has 0 aliphatic carbocycles. The molecule has 7 nitrogen and oxygen atoms in total. The van der Waals surface area contributed by atoms with Gasteiger partial charge in [-0.05, 0) is 61.0 Å². The number of rotatable bonds is 7. The van der Waals surface area contributed by atoms with Crippen molar-refractivity contribution in [2.75, 3.05) is 13.7 Å². The van der Waals surface area contributed by atoms with Crippen molar-refractivity contribution in [3.63, 3.8) is 0 Å². The fraction of sp³-hybridized carbons (Fsp3) is 0.115. The molecule has 9 heteroatoms. The van der Waals surface area contributed by atoms with Crippen molar-refractivity contribution >= 4 is 47.1 Å². The molecule has 0 atom stereocenters. The molecule has 0 saturated carbocycles. The molecule has 0 bridgehead atoms. The first-order chi connectivity index (χ1) is 16.9. The summed E-state index contributed by atoms with van der Waals surface area (Å²) < 4.78 is 21.8. The molecule has 0 fully saturated rings. The van der Waals surface area contributed by atoms with Crippen LogP contribution in [0, 0.1) is 0 Å². The molecular formula is C26H19Cl2NO6. The van der Waals surface area contributed by atoms with E-state index in [-0.39, 0.29) is 27.9 Å². The summed E-state index contributed by atoms with van der Waals surface area (Å²) in [7, 11) is 1.50. The minimum Gasteiger partial charge on any atom is -0.496 e. The first kappa shape index (κ1) is 24.3. The maximum absolute atomic E-state index is 12.6. The number of carbonyl (C=O) groups is 2. The number of ether oxygens (including phenoxy) is 4. The lowest BCUT2D eigenvalue weighted by molar-refractivity contribution is -0.129. The molecule has 0 saturated heterocycles. The molecule has 3 aromatic carbocycles. The lowest BCUT2D eigenvalue weighted by Crippen LogP contribution is -2.10. The number of esters is 2. The highest BCUT2D eigenvalue weighted by molar-refractivity contribution is 6.33. The van der Waals surface area contributed by atoms with E-state index >= 15 is 0 Å². The number of benzene rings is 3. The van der Waals surface area contributed by atoms with Crippen LogP contribution in [-0.2, 0) is 9.53 Å². The lowest BCUT2D eigenvalue weighted by atomic mass is 10.1. The highest BCUT2D eigenvalue weighted by Gasteiger charge is 2.27. The number of nitrogens with zero attached hydrogens (tertiary/aromatic N) is 1. The second kappa shape index (κ2) is 10.6. The van der Waals surface area contributed by atoms with Gasteiger partial charge in [0.1, 0.15) is 5.75 Å². The van der Waals surface area contributed by atoms with Crippen molar-refractivity contribution < 1.29 is 28.5 Å². The standard InChI is InChI=1S/C26H19Cl2NO6/c1-3-33-23-13-15(8-10-22(23)34-25(30)17-6-4-5-7-19(17)28)12-20-26(31)35-24(29-20)18-14-16(27)9-11-21(18)32-2/h4-14H,3H2,1-2H3/b20-12-. The second-order valence-electron chi connectivity index (χ2n) is 7.19. The highest BCUT2D eigenvalue weighted by atomic mass is 35.5. The zero-order chi connectivity index (χ0) is 24.9. The maximum Gasteiger partial charge on any atom is 0.363 e. The number of methoxy groups -OCH3 is 1. The number of halogens is 2. The summed E-state index contributed by atoms with van der Waals surface area (Å²) in [6, 6.07) is 16.4. The fourth-order valence-corrected chi connectivity index (χ4v) is 3.66. The van der Waals surface area contributed by atoms with Gasteiger partial charge in [-0.15, -0.1) is 0 Å². The van der Waals surface area contributed by atoms with Gasteiger partial charge >= 0.3 is 11.9 Å². The summed E-state index contributed by atoms with van der Waals surface area (Å²) in [6.45, 7) is 2.13. The van der Waals surface area contributed by atoms with Gasteiger partial charge in [0.05, 0.1) is 29.9 Å². The summed E-state index contributed by atoms with van der Waals surface area (Å²) >= 11 is 12.2. The van der Waals surface area contributed by atoms with Crippen molar-refractivity contribution in [2.24, 2.45) is 4.99 Å². The van der Waals surface area contributed by atoms with Gasteiger partial charge in [-0.1, -0.05) is 41.4 Å². The third-order valence-electron chi connectivity index (χ3n) is 4.88.